The Labute approximate surface area is 297 Å². The van der Waals surface area contributed by atoms with Gasteiger partial charge < -0.3 is 20.3 Å². The van der Waals surface area contributed by atoms with Crippen molar-refractivity contribution in [1.29, 1.82) is 0 Å². The third-order valence-corrected chi connectivity index (χ3v) is 17.9. The van der Waals surface area contributed by atoms with Crippen LogP contribution < -0.4 is 5.32 Å². The average Bonchev–Trinajstić information content (AvgIpc) is 3.76. The number of carboxylic acid groups (broad SMARTS) is 1. The summed E-state index contributed by atoms with van der Waals surface area (Å²) >= 11 is 0. The fraction of sp³-hybridized carbons (Fsp3) is 0.884. The van der Waals surface area contributed by atoms with Gasteiger partial charge in [-0.05, 0) is 160 Å². The van der Waals surface area contributed by atoms with Gasteiger partial charge in [-0.25, -0.2) is 0 Å². The molecule has 3 N–H and O–H groups in total. The molecule has 2 saturated heterocycles. The molecule has 6 heteroatoms. The Morgan fingerprint density at radius 3 is 2.43 bits per heavy atom. The van der Waals surface area contributed by atoms with Gasteiger partial charge in [0.25, 0.3) is 0 Å². The van der Waals surface area contributed by atoms with Crippen LogP contribution in [-0.2, 0) is 9.53 Å². The Hall–Kier alpha value is -1.21. The van der Waals surface area contributed by atoms with Crippen LogP contribution in [0, 0.1) is 57.2 Å². The first-order valence-electron chi connectivity index (χ1n) is 20.5. The molecule has 6 aliphatic carbocycles. The van der Waals surface area contributed by atoms with Crippen molar-refractivity contribution in [2.24, 2.45) is 57.2 Å². The van der Waals surface area contributed by atoms with Gasteiger partial charge in [-0.1, -0.05) is 46.8 Å². The molecule has 6 nitrogen and oxygen atoms in total. The van der Waals surface area contributed by atoms with Gasteiger partial charge in [0.1, 0.15) is 0 Å². The van der Waals surface area contributed by atoms with Gasteiger partial charge in [0, 0.05) is 31.2 Å². The maximum absolute atomic E-state index is 11.7. The Bertz CT molecular complexity index is 1400. The number of aliphatic carboxylic acids is 1. The van der Waals surface area contributed by atoms with E-state index in [1.54, 1.807) is 0 Å². The van der Waals surface area contributed by atoms with Crippen molar-refractivity contribution < 1.29 is 19.7 Å². The number of carboxylic acids is 1. The van der Waals surface area contributed by atoms with Crippen LogP contribution in [0.3, 0.4) is 0 Å². The summed E-state index contributed by atoms with van der Waals surface area (Å²) in [6.45, 7) is 21.6. The highest BCUT2D eigenvalue weighted by Crippen LogP contribution is 2.76. The average molecular weight is 677 g/mol. The Balaban J connectivity index is 1.06. The minimum absolute atomic E-state index is 0.0953. The van der Waals surface area contributed by atoms with Gasteiger partial charge in [0.05, 0.1) is 24.2 Å². The molecule has 0 radical (unpaired) electrons. The molecule has 3 unspecified atom stereocenters. The third kappa shape index (κ3) is 5.09. The maximum atomic E-state index is 11.7. The number of nitrogens with one attached hydrogen (secondary N) is 1. The van der Waals surface area contributed by atoms with Crippen molar-refractivity contribution in [3.63, 3.8) is 0 Å². The van der Waals surface area contributed by atoms with Crippen molar-refractivity contribution in [3.8, 4) is 0 Å². The van der Waals surface area contributed by atoms with Crippen molar-refractivity contribution in [2.45, 2.75) is 155 Å². The van der Waals surface area contributed by atoms with Crippen LogP contribution in [0.15, 0.2) is 23.3 Å². The number of morpholine rings is 1. The molecule has 0 spiro atoms. The summed E-state index contributed by atoms with van der Waals surface area (Å²) < 4.78 is 5.90. The van der Waals surface area contributed by atoms with E-state index in [2.05, 4.69) is 70.8 Å². The van der Waals surface area contributed by atoms with Crippen molar-refractivity contribution in [3.05, 3.63) is 23.3 Å². The van der Waals surface area contributed by atoms with Gasteiger partial charge in [-0.2, -0.15) is 0 Å². The first-order valence-corrected chi connectivity index (χ1v) is 20.5. The number of allylic oxidation sites excluding steroid dienone is 4. The van der Waals surface area contributed by atoms with Crippen LogP contribution >= 0.6 is 0 Å². The van der Waals surface area contributed by atoms with E-state index >= 15 is 0 Å². The zero-order valence-electron chi connectivity index (χ0n) is 32.0. The minimum Gasteiger partial charge on any atom is -0.481 e. The lowest BCUT2D eigenvalue weighted by Gasteiger charge is -2.72. The summed E-state index contributed by atoms with van der Waals surface area (Å²) in [6.07, 6.45) is 20.2. The molecule has 6 fully saturated rings. The van der Waals surface area contributed by atoms with Gasteiger partial charge in [0.2, 0.25) is 0 Å². The van der Waals surface area contributed by atoms with E-state index in [9.17, 15) is 15.0 Å². The molecule has 0 amide bonds. The van der Waals surface area contributed by atoms with E-state index < -0.39 is 11.6 Å². The monoisotopic (exact) mass is 677 g/mol. The fourth-order valence-corrected chi connectivity index (χ4v) is 15.3. The zero-order chi connectivity index (χ0) is 34.8. The molecule has 49 heavy (non-hydrogen) atoms. The van der Waals surface area contributed by atoms with E-state index in [1.165, 1.54) is 62.5 Å². The van der Waals surface area contributed by atoms with Gasteiger partial charge in [0.15, 0.2) is 0 Å². The largest absolute Gasteiger partial charge is 0.481 e. The Morgan fingerprint density at radius 2 is 1.78 bits per heavy atom. The summed E-state index contributed by atoms with van der Waals surface area (Å²) in [5.74, 6) is 1.99. The lowest BCUT2D eigenvalue weighted by atomic mass is 9.32. The highest BCUT2D eigenvalue weighted by Gasteiger charge is 2.71. The summed E-state index contributed by atoms with van der Waals surface area (Å²) in [5, 5.41) is 25.7. The number of carbonyl (C=O) groups is 1. The number of hydrogen-bond acceptors (Lipinski definition) is 5. The van der Waals surface area contributed by atoms with Gasteiger partial charge in [-0.3, -0.25) is 9.69 Å². The number of rotatable bonds is 7. The molecule has 8 aliphatic rings. The number of ether oxygens (including phenoxy) is 1. The number of nitrogens with zero attached hydrogens (tertiary/aromatic N) is 1. The van der Waals surface area contributed by atoms with E-state index in [0.29, 0.717) is 48.2 Å². The zero-order valence-corrected chi connectivity index (χ0v) is 32.0. The predicted molar refractivity (Wildman–Crippen MR) is 195 cm³/mol. The molecule has 0 aromatic rings. The highest BCUT2D eigenvalue weighted by atomic mass is 16.5. The van der Waals surface area contributed by atoms with Crippen LogP contribution in [0.5, 0.6) is 0 Å². The SMILES string of the molecule is CC(C)(O)[C@@H]1CC[C@]2(NCCN3CC4CC3CO4)CC[C@]3(C)[C@H](CC[C@@H]4[C@@]5(C)CC=C(C6=CCC(C(=O)O)CC6)C(C)(C)[C@@H]5CC[C@]43C)[C@@H]12. The number of likely N-dealkylation sites (tertiary alicyclic amines) is 1. The maximum Gasteiger partial charge on any atom is 0.306 e. The van der Waals surface area contributed by atoms with E-state index in [4.69, 9.17) is 4.74 Å². The standard InChI is InChI=1S/C43H68N2O4/c1-38(2)31(27-8-10-28(11-9-27)37(46)47)14-17-40(5)34(38)16-18-42(7)35(40)13-12-33-36-32(39(3,4)48)15-19-43(36,21-20-41(33,42)6)44-22-23-45-25-30-24-29(45)26-49-30/h8,14,28-30,32-36,44,48H,9-13,15-26H2,1-7H3,(H,46,47)/t28?,29?,30?,32-,33-,34+,35-,36-,40+,41-,42-,43+/m1/s1. The summed E-state index contributed by atoms with van der Waals surface area (Å²) in [5.41, 5.74) is 3.37. The van der Waals surface area contributed by atoms with Gasteiger partial charge in [-0.15, -0.1) is 0 Å². The number of hydrogen-bond donors (Lipinski definition) is 3. The second-order valence-corrected chi connectivity index (χ2v) is 20.5. The Kier molecular flexibility index (Phi) is 8.28. The van der Waals surface area contributed by atoms with Crippen molar-refractivity contribution in [1.82, 2.24) is 10.2 Å². The van der Waals surface area contributed by atoms with Crippen LogP contribution in [0.1, 0.15) is 132 Å². The molecule has 0 aromatic carbocycles. The molecule has 2 aliphatic heterocycles. The van der Waals surface area contributed by atoms with E-state index in [0.717, 1.165) is 51.9 Å². The molecular formula is C43H68N2O4. The second-order valence-electron chi connectivity index (χ2n) is 20.5. The van der Waals surface area contributed by atoms with Crippen LogP contribution in [-0.4, -0.2) is 70.6 Å². The molecule has 4 saturated carbocycles. The minimum atomic E-state index is -0.661. The molecule has 2 bridgehead atoms. The van der Waals surface area contributed by atoms with Gasteiger partial charge >= 0.3 is 5.97 Å². The predicted octanol–water partition coefficient (Wildman–Crippen LogP) is 8.00. The lowest BCUT2D eigenvalue weighted by molar-refractivity contribution is -0.226. The highest BCUT2D eigenvalue weighted by molar-refractivity contribution is 5.70. The number of fused-ring (bicyclic) bond motifs is 9. The molecule has 12 atom stereocenters. The number of aliphatic hydroxyl groups is 1. The second kappa shape index (κ2) is 11.6. The van der Waals surface area contributed by atoms with Crippen molar-refractivity contribution >= 4 is 5.97 Å². The van der Waals surface area contributed by atoms with Crippen LogP contribution in [0.25, 0.3) is 0 Å². The molecule has 274 valence electrons. The lowest BCUT2D eigenvalue weighted by Crippen LogP contribution is -2.68. The molecule has 2 heterocycles. The smallest absolute Gasteiger partial charge is 0.306 e. The van der Waals surface area contributed by atoms with Crippen LogP contribution in [0.2, 0.25) is 0 Å². The normalized spacial score (nSPS) is 49.0. The first kappa shape index (κ1) is 34.9. The van der Waals surface area contributed by atoms with Crippen LogP contribution in [0.4, 0.5) is 0 Å². The first-order chi connectivity index (χ1) is 23.0. The summed E-state index contributed by atoms with van der Waals surface area (Å²) in [4.78, 5) is 14.4. The molecule has 0 aromatic heterocycles. The third-order valence-electron chi connectivity index (χ3n) is 17.9. The van der Waals surface area contributed by atoms with E-state index in [-0.39, 0.29) is 33.1 Å². The summed E-state index contributed by atoms with van der Waals surface area (Å²) in [7, 11) is 0. The van der Waals surface area contributed by atoms with Crippen molar-refractivity contribution in [2.75, 3.05) is 26.2 Å². The molecule has 8 rings (SSSR count). The Morgan fingerprint density at radius 1 is 0.980 bits per heavy atom. The topological polar surface area (TPSA) is 82.0 Å². The van der Waals surface area contributed by atoms with E-state index in [1.807, 2.05) is 0 Å². The summed E-state index contributed by atoms with van der Waals surface area (Å²) in [6, 6.07) is 0.619. The quantitative estimate of drug-likeness (QED) is 0.254. The molecular weight excluding hydrogens is 608 g/mol. The fourth-order valence-electron chi connectivity index (χ4n) is 15.3.